The van der Waals surface area contributed by atoms with Crippen LogP contribution >= 0.6 is 0 Å². The van der Waals surface area contributed by atoms with E-state index in [2.05, 4.69) is 55.4 Å². The maximum atomic E-state index is 6.20. The minimum atomic E-state index is -0.186. The SMILES string of the molecule is CCC.CCCCC(CCCC)B1OC(C)(C)C(C)(C)O1. The minimum absolute atomic E-state index is 0.00639. The second kappa shape index (κ2) is 9.89. The van der Waals surface area contributed by atoms with Crippen LogP contribution in [0.15, 0.2) is 0 Å². The van der Waals surface area contributed by atoms with Crippen LogP contribution in [0.5, 0.6) is 0 Å². The highest BCUT2D eigenvalue weighted by Gasteiger charge is 2.53. The van der Waals surface area contributed by atoms with Crippen molar-refractivity contribution in [2.24, 2.45) is 0 Å². The highest BCUT2D eigenvalue weighted by atomic mass is 16.7. The molecule has 0 bridgehead atoms. The second-order valence-electron chi connectivity index (χ2n) is 7.38. The molecular formula is C18H39BO2. The summed E-state index contributed by atoms with van der Waals surface area (Å²) in [5, 5.41) is 0. The first-order valence-corrected chi connectivity index (χ1v) is 9.11. The topological polar surface area (TPSA) is 18.5 Å². The van der Waals surface area contributed by atoms with Crippen LogP contribution in [-0.4, -0.2) is 18.3 Å². The van der Waals surface area contributed by atoms with E-state index in [0.717, 1.165) is 0 Å². The van der Waals surface area contributed by atoms with Crippen molar-refractivity contribution in [3.05, 3.63) is 0 Å². The molecule has 0 saturated carbocycles. The molecule has 0 amide bonds. The number of hydrogen-bond donors (Lipinski definition) is 0. The predicted molar refractivity (Wildman–Crippen MR) is 94.8 cm³/mol. The fourth-order valence-electron chi connectivity index (χ4n) is 2.43. The predicted octanol–water partition coefficient (Wildman–Crippen LogP) is 6.25. The lowest BCUT2D eigenvalue weighted by Crippen LogP contribution is -2.41. The first-order valence-electron chi connectivity index (χ1n) is 9.11. The van der Waals surface area contributed by atoms with E-state index in [1.807, 2.05) is 0 Å². The maximum Gasteiger partial charge on any atom is 0.461 e. The third-order valence-corrected chi connectivity index (χ3v) is 4.51. The monoisotopic (exact) mass is 298 g/mol. The van der Waals surface area contributed by atoms with Gasteiger partial charge in [0, 0.05) is 0 Å². The van der Waals surface area contributed by atoms with Gasteiger partial charge in [0.1, 0.15) is 0 Å². The molecule has 126 valence electrons. The van der Waals surface area contributed by atoms with Gasteiger partial charge in [0.15, 0.2) is 0 Å². The van der Waals surface area contributed by atoms with Crippen LogP contribution in [0.3, 0.4) is 0 Å². The Kier molecular flexibility index (Phi) is 9.88. The van der Waals surface area contributed by atoms with Gasteiger partial charge in [-0.05, 0) is 33.5 Å². The second-order valence-corrected chi connectivity index (χ2v) is 7.38. The summed E-state index contributed by atoms with van der Waals surface area (Å²) >= 11 is 0. The average Bonchev–Trinajstić information content (AvgIpc) is 2.59. The van der Waals surface area contributed by atoms with Gasteiger partial charge in [-0.2, -0.15) is 0 Å². The molecule has 0 aromatic rings. The van der Waals surface area contributed by atoms with Crippen molar-refractivity contribution in [3.63, 3.8) is 0 Å². The van der Waals surface area contributed by atoms with Gasteiger partial charge in [0.2, 0.25) is 0 Å². The Balaban J connectivity index is 0.00000122. The summed E-state index contributed by atoms with van der Waals surface area (Å²) in [5.41, 5.74) is -0.372. The molecule has 1 aliphatic heterocycles. The molecule has 0 radical (unpaired) electrons. The van der Waals surface area contributed by atoms with Crippen LogP contribution in [0.2, 0.25) is 5.82 Å². The Hall–Kier alpha value is -0.0151. The first kappa shape index (κ1) is 21.0. The van der Waals surface area contributed by atoms with Crippen molar-refractivity contribution in [2.75, 3.05) is 0 Å². The molecule has 0 aromatic carbocycles. The Morgan fingerprint density at radius 1 is 0.762 bits per heavy atom. The molecule has 3 heteroatoms. The van der Waals surface area contributed by atoms with Crippen molar-refractivity contribution >= 4 is 7.12 Å². The van der Waals surface area contributed by atoms with Crippen LogP contribution in [0.25, 0.3) is 0 Å². The standard InChI is InChI=1S/C15H31BO2.C3H8/c1-7-9-11-13(12-10-8-2)16-17-14(3,4)15(5,6)18-16;1-3-2/h13H,7-12H2,1-6H3;3H2,1-2H3. The summed E-state index contributed by atoms with van der Waals surface area (Å²) < 4.78 is 12.4. The largest absolute Gasteiger partial charge is 0.461 e. The van der Waals surface area contributed by atoms with Crippen LogP contribution in [-0.2, 0) is 9.31 Å². The van der Waals surface area contributed by atoms with E-state index in [0.29, 0.717) is 5.82 Å². The van der Waals surface area contributed by atoms with Crippen molar-refractivity contribution in [3.8, 4) is 0 Å². The lowest BCUT2D eigenvalue weighted by Gasteiger charge is -2.32. The van der Waals surface area contributed by atoms with Crippen LogP contribution in [0, 0.1) is 0 Å². The fraction of sp³-hybridized carbons (Fsp3) is 1.00. The molecule has 0 aliphatic carbocycles. The molecule has 0 spiro atoms. The van der Waals surface area contributed by atoms with E-state index >= 15 is 0 Å². The summed E-state index contributed by atoms with van der Waals surface area (Å²) in [4.78, 5) is 0. The van der Waals surface area contributed by atoms with E-state index < -0.39 is 0 Å². The van der Waals surface area contributed by atoms with E-state index in [4.69, 9.17) is 9.31 Å². The molecule has 0 N–H and O–H groups in total. The van der Waals surface area contributed by atoms with Crippen molar-refractivity contribution in [1.29, 1.82) is 0 Å². The van der Waals surface area contributed by atoms with Crippen LogP contribution in [0.4, 0.5) is 0 Å². The molecule has 1 saturated heterocycles. The summed E-state index contributed by atoms with van der Waals surface area (Å²) in [5.74, 6) is 0.561. The highest BCUT2D eigenvalue weighted by molar-refractivity contribution is 6.47. The zero-order valence-corrected chi connectivity index (χ0v) is 15.9. The van der Waals surface area contributed by atoms with Crippen LogP contribution < -0.4 is 0 Å². The summed E-state index contributed by atoms with van der Waals surface area (Å²) in [6, 6.07) is 0. The van der Waals surface area contributed by atoms with Crippen molar-refractivity contribution in [2.45, 2.75) is 117 Å². The normalized spacial score (nSPS) is 19.6. The molecule has 2 nitrogen and oxygen atoms in total. The Bertz CT molecular complexity index is 240. The lowest BCUT2D eigenvalue weighted by atomic mass is 9.67. The van der Waals surface area contributed by atoms with Crippen molar-refractivity contribution in [1.82, 2.24) is 0 Å². The van der Waals surface area contributed by atoms with Gasteiger partial charge >= 0.3 is 7.12 Å². The van der Waals surface area contributed by atoms with Gasteiger partial charge in [-0.25, -0.2) is 0 Å². The molecule has 21 heavy (non-hydrogen) atoms. The highest BCUT2D eigenvalue weighted by Crippen LogP contribution is 2.42. The third-order valence-electron chi connectivity index (χ3n) is 4.51. The molecule has 1 fully saturated rings. The Morgan fingerprint density at radius 2 is 1.10 bits per heavy atom. The summed E-state index contributed by atoms with van der Waals surface area (Å²) in [7, 11) is -0.00639. The zero-order valence-electron chi connectivity index (χ0n) is 15.9. The van der Waals surface area contributed by atoms with E-state index in [-0.39, 0.29) is 18.3 Å². The number of hydrogen-bond acceptors (Lipinski definition) is 2. The van der Waals surface area contributed by atoms with Gasteiger partial charge in [0.25, 0.3) is 0 Å². The molecule has 0 unspecified atom stereocenters. The van der Waals surface area contributed by atoms with E-state index in [1.165, 1.54) is 44.9 Å². The van der Waals surface area contributed by atoms with E-state index in [9.17, 15) is 0 Å². The third kappa shape index (κ3) is 6.73. The smallest absolute Gasteiger partial charge is 0.403 e. The molecule has 1 aliphatic rings. The molecule has 0 atom stereocenters. The lowest BCUT2D eigenvalue weighted by molar-refractivity contribution is 0.00578. The van der Waals surface area contributed by atoms with Crippen molar-refractivity contribution < 1.29 is 9.31 Å². The van der Waals surface area contributed by atoms with Gasteiger partial charge in [-0.1, -0.05) is 72.6 Å². The molecule has 0 aromatic heterocycles. The minimum Gasteiger partial charge on any atom is -0.403 e. The summed E-state index contributed by atoms with van der Waals surface area (Å²) in [6.07, 6.45) is 8.77. The number of unbranched alkanes of at least 4 members (excludes halogenated alkanes) is 2. The Labute approximate surface area is 134 Å². The van der Waals surface area contributed by atoms with E-state index in [1.54, 1.807) is 0 Å². The average molecular weight is 298 g/mol. The molecule has 1 heterocycles. The van der Waals surface area contributed by atoms with Gasteiger partial charge in [-0.15, -0.1) is 0 Å². The first-order chi connectivity index (χ1) is 9.75. The fourth-order valence-corrected chi connectivity index (χ4v) is 2.43. The molecule has 1 rings (SSSR count). The van der Waals surface area contributed by atoms with Gasteiger partial charge in [0.05, 0.1) is 11.2 Å². The van der Waals surface area contributed by atoms with Crippen LogP contribution in [0.1, 0.15) is 100 Å². The zero-order chi connectivity index (χ0) is 16.5. The van der Waals surface area contributed by atoms with Gasteiger partial charge in [-0.3, -0.25) is 0 Å². The number of rotatable bonds is 7. The summed E-state index contributed by atoms with van der Waals surface area (Å²) in [6.45, 7) is 17.3. The van der Waals surface area contributed by atoms with Gasteiger partial charge < -0.3 is 9.31 Å². The molecular weight excluding hydrogens is 259 g/mol. The Morgan fingerprint density at radius 3 is 1.38 bits per heavy atom. The quantitative estimate of drug-likeness (QED) is 0.517. The maximum absolute atomic E-state index is 6.20.